The van der Waals surface area contributed by atoms with E-state index in [9.17, 15) is 34.8 Å². The molecule has 0 radical (unpaired) electrons. The second-order valence-corrected chi connectivity index (χ2v) is 9.02. The largest absolute Gasteiger partial charge is 0.435 e. The molecule has 0 aliphatic carbocycles. The third-order valence-corrected chi connectivity index (χ3v) is 6.47. The van der Waals surface area contributed by atoms with Crippen molar-refractivity contribution in [3.63, 3.8) is 0 Å². The first-order valence-corrected chi connectivity index (χ1v) is 10.5. The highest BCUT2D eigenvalue weighted by Crippen LogP contribution is 2.34. The monoisotopic (exact) mass is 478 g/mol. The maximum absolute atomic E-state index is 13.1. The highest BCUT2D eigenvalue weighted by Gasteiger charge is 2.35. The van der Waals surface area contributed by atoms with Crippen LogP contribution in [0.1, 0.15) is 18.3 Å². The van der Waals surface area contributed by atoms with Gasteiger partial charge in [0.15, 0.2) is 26.9 Å². The molecule has 0 aliphatic rings. The van der Waals surface area contributed by atoms with Crippen molar-refractivity contribution >= 4 is 26.6 Å². The van der Waals surface area contributed by atoms with E-state index in [2.05, 4.69) is 20.2 Å². The molecule has 32 heavy (non-hydrogen) atoms. The average molecular weight is 478 g/mol. The number of pyridine rings is 1. The molecule has 0 fully saturated rings. The number of hydrogen-bond acceptors (Lipinski definition) is 6. The Hall–Kier alpha value is -3.23. The predicted molar refractivity (Wildman–Crippen MR) is 98.2 cm³/mol. The van der Waals surface area contributed by atoms with Gasteiger partial charge in [0.2, 0.25) is 0 Å². The molecule has 4 aromatic heterocycles. The van der Waals surface area contributed by atoms with E-state index in [1.807, 2.05) is 0 Å². The van der Waals surface area contributed by atoms with Crippen molar-refractivity contribution in [2.45, 2.75) is 24.2 Å². The van der Waals surface area contributed by atoms with E-state index in [-0.39, 0.29) is 38.8 Å². The van der Waals surface area contributed by atoms with Gasteiger partial charge in [0.25, 0.3) is 0 Å². The van der Waals surface area contributed by atoms with Crippen LogP contribution in [-0.2, 0) is 29.2 Å². The summed E-state index contributed by atoms with van der Waals surface area (Å²) in [6, 6.07) is 1.73. The maximum Gasteiger partial charge on any atom is 0.435 e. The lowest BCUT2D eigenvalue weighted by molar-refractivity contribution is -0.142. The molecule has 15 heteroatoms. The Morgan fingerprint density at radius 2 is 1.59 bits per heavy atom. The first-order chi connectivity index (χ1) is 14.7. The summed E-state index contributed by atoms with van der Waals surface area (Å²) in [7, 11) is -2.61. The van der Waals surface area contributed by atoms with Crippen molar-refractivity contribution < 1.29 is 34.8 Å². The highest BCUT2D eigenvalue weighted by molar-refractivity contribution is 7.91. The van der Waals surface area contributed by atoms with Crippen LogP contribution in [0.5, 0.6) is 0 Å². The van der Waals surface area contributed by atoms with E-state index in [1.54, 1.807) is 0 Å². The number of rotatable bonds is 3. The van der Waals surface area contributed by atoms with Gasteiger partial charge < -0.3 is 8.97 Å². The Morgan fingerprint density at radius 3 is 2.19 bits per heavy atom. The lowest BCUT2D eigenvalue weighted by Crippen LogP contribution is -2.09. The van der Waals surface area contributed by atoms with Crippen molar-refractivity contribution in [3.8, 4) is 11.4 Å². The van der Waals surface area contributed by atoms with Gasteiger partial charge in [-0.25, -0.2) is 18.4 Å². The third-order valence-electron chi connectivity index (χ3n) is 4.71. The Labute approximate surface area is 175 Å². The number of aryl methyl sites for hydroxylation is 1. The van der Waals surface area contributed by atoms with Gasteiger partial charge in [0, 0.05) is 31.1 Å². The van der Waals surface area contributed by atoms with E-state index >= 15 is 0 Å². The van der Waals surface area contributed by atoms with Gasteiger partial charge in [-0.05, 0) is 6.07 Å². The summed E-state index contributed by atoms with van der Waals surface area (Å²) in [6.45, 7) is 1.34. The zero-order valence-electron chi connectivity index (χ0n) is 16.2. The minimum atomic E-state index is -4.78. The van der Waals surface area contributed by atoms with Crippen LogP contribution < -0.4 is 0 Å². The summed E-state index contributed by atoms with van der Waals surface area (Å²) in [4.78, 5) is 7.18. The van der Waals surface area contributed by atoms with Crippen LogP contribution in [0.4, 0.5) is 26.3 Å². The Kier molecular flexibility index (Phi) is 4.73. The standard InChI is InChI=1S/C17H12F6N6O2S/c1-3-32(30,31)10-6-29-7-12(17(21,22)23)25-13(29)4-8(10)14-24-9-5-11(16(18,19)20)26-27-15(9)28(14)2/h4-7H,3H2,1-2H3. The lowest BCUT2D eigenvalue weighted by Gasteiger charge is -2.10. The van der Waals surface area contributed by atoms with Gasteiger partial charge in [0.05, 0.1) is 10.6 Å². The lowest BCUT2D eigenvalue weighted by atomic mass is 10.2. The van der Waals surface area contributed by atoms with E-state index in [0.717, 1.165) is 16.7 Å². The molecule has 0 unspecified atom stereocenters. The van der Waals surface area contributed by atoms with Crippen LogP contribution in [0, 0.1) is 0 Å². The molecule has 0 saturated carbocycles. The molecule has 8 nitrogen and oxygen atoms in total. The van der Waals surface area contributed by atoms with Crippen LogP contribution in [0.15, 0.2) is 29.4 Å². The van der Waals surface area contributed by atoms with Gasteiger partial charge in [-0.15, -0.1) is 10.2 Å². The predicted octanol–water partition coefficient (Wildman–Crippen LogP) is 3.51. The quantitative estimate of drug-likeness (QED) is 0.419. The Morgan fingerprint density at radius 1 is 0.938 bits per heavy atom. The van der Waals surface area contributed by atoms with Gasteiger partial charge in [-0.2, -0.15) is 26.3 Å². The average Bonchev–Trinajstić information content (AvgIpc) is 3.27. The van der Waals surface area contributed by atoms with Gasteiger partial charge in [-0.1, -0.05) is 6.92 Å². The van der Waals surface area contributed by atoms with E-state index in [1.165, 1.54) is 18.5 Å². The van der Waals surface area contributed by atoms with Crippen LogP contribution in [0.2, 0.25) is 0 Å². The molecule has 4 rings (SSSR count). The molecule has 0 aliphatic heterocycles. The zero-order valence-corrected chi connectivity index (χ0v) is 17.0. The van der Waals surface area contributed by atoms with E-state index < -0.39 is 33.6 Å². The summed E-state index contributed by atoms with van der Waals surface area (Å²) >= 11 is 0. The molecule has 0 amide bonds. The molecule has 0 N–H and O–H groups in total. The van der Waals surface area contributed by atoms with Crippen molar-refractivity contribution in [2.24, 2.45) is 7.05 Å². The van der Waals surface area contributed by atoms with Gasteiger partial charge in [-0.3, -0.25) is 0 Å². The Bertz CT molecular complexity index is 1470. The topological polar surface area (TPSA) is 95.0 Å². The molecular weight excluding hydrogens is 466 g/mol. The molecular formula is C17H12F6N6O2S. The van der Waals surface area contributed by atoms with Crippen LogP contribution in [0.3, 0.4) is 0 Å². The number of halogens is 6. The minimum Gasteiger partial charge on any atom is -0.310 e. The summed E-state index contributed by atoms with van der Waals surface area (Å²) < 4.78 is 106. The zero-order chi connectivity index (χ0) is 23.6. The fourth-order valence-electron chi connectivity index (χ4n) is 3.09. The number of imidazole rings is 2. The normalized spacial score (nSPS) is 13.4. The fourth-order valence-corrected chi connectivity index (χ4v) is 4.16. The summed E-state index contributed by atoms with van der Waals surface area (Å²) in [5.41, 5.74) is -3.19. The number of nitrogens with zero attached hydrogens (tertiary/aromatic N) is 6. The first-order valence-electron chi connectivity index (χ1n) is 8.83. The number of sulfone groups is 1. The molecule has 4 heterocycles. The Balaban J connectivity index is 2.03. The number of alkyl halides is 6. The number of hydrogen-bond donors (Lipinski definition) is 0. The fraction of sp³-hybridized carbons (Fsp3) is 0.294. The summed E-state index contributed by atoms with van der Waals surface area (Å²) in [6.07, 6.45) is -7.93. The third kappa shape index (κ3) is 3.55. The summed E-state index contributed by atoms with van der Waals surface area (Å²) in [5, 5.41) is 6.63. The molecule has 0 bridgehead atoms. The molecule has 0 saturated heterocycles. The first kappa shape index (κ1) is 22.0. The molecule has 170 valence electrons. The van der Waals surface area contributed by atoms with Gasteiger partial charge in [0.1, 0.15) is 17.0 Å². The second kappa shape index (κ2) is 6.88. The second-order valence-electron chi connectivity index (χ2n) is 6.77. The number of fused-ring (bicyclic) bond motifs is 2. The van der Waals surface area contributed by atoms with Crippen molar-refractivity contribution in [3.05, 3.63) is 35.9 Å². The summed E-state index contributed by atoms with van der Waals surface area (Å²) in [5.74, 6) is -0.506. The maximum atomic E-state index is 13.1. The SMILES string of the molecule is CCS(=O)(=O)c1cn2cc(C(F)(F)F)nc2cc1-c1nc2cc(C(F)(F)F)nnc2n1C. The highest BCUT2D eigenvalue weighted by atomic mass is 32.2. The van der Waals surface area contributed by atoms with E-state index in [4.69, 9.17) is 0 Å². The van der Waals surface area contributed by atoms with Crippen molar-refractivity contribution in [1.82, 2.24) is 29.1 Å². The smallest absolute Gasteiger partial charge is 0.310 e. The van der Waals surface area contributed by atoms with Crippen molar-refractivity contribution in [2.75, 3.05) is 5.75 Å². The minimum absolute atomic E-state index is 0.0768. The van der Waals surface area contributed by atoms with Crippen LogP contribution >= 0.6 is 0 Å². The van der Waals surface area contributed by atoms with Crippen molar-refractivity contribution in [1.29, 1.82) is 0 Å². The van der Waals surface area contributed by atoms with Gasteiger partial charge >= 0.3 is 12.4 Å². The molecule has 0 spiro atoms. The van der Waals surface area contributed by atoms with E-state index in [0.29, 0.717) is 12.3 Å². The number of aromatic nitrogens is 6. The molecule has 0 atom stereocenters. The van der Waals surface area contributed by atoms with Crippen LogP contribution in [-0.4, -0.2) is 43.3 Å². The molecule has 0 aromatic carbocycles. The molecule has 4 aromatic rings. The van der Waals surface area contributed by atoms with Crippen LogP contribution in [0.25, 0.3) is 28.2 Å².